The lowest BCUT2D eigenvalue weighted by Gasteiger charge is -2.38. The zero-order chi connectivity index (χ0) is 15.4. The van der Waals surface area contributed by atoms with Crippen LogP contribution in [0.25, 0.3) is 0 Å². The third kappa shape index (κ3) is 3.44. The highest BCUT2D eigenvalue weighted by Crippen LogP contribution is 2.31. The zero-order valence-electron chi connectivity index (χ0n) is 12.4. The molecule has 2 fully saturated rings. The van der Waals surface area contributed by atoms with E-state index in [1.165, 1.54) is 6.07 Å². The number of nitrogens with one attached hydrogen (secondary N) is 2. The zero-order valence-corrected chi connectivity index (χ0v) is 12.4. The number of hydrogen-bond acceptors (Lipinski definition) is 6. The molecule has 120 valence electrons. The van der Waals surface area contributed by atoms with Gasteiger partial charge in [-0.05, 0) is 5.56 Å². The molecule has 2 saturated heterocycles. The van der Waals surface area contributed by atoms with Crippen LogP contribution in [-0.4, -0.2) is 56.5 Å². The number of non-ortho nitro benzene ring substituents is 1. The molecule has 7 nitrogen and oxygen atoms in total. The Morgan fingerprint density at radius 2 is 1.77 bits per heavy atom. The molecule has 0 radical (unpaired) electrons. The number of morpholine rings is 2. The van der Waals surface area contributed by atoms with Crippen molar-refractivity contribution >= 4 is 5.69 Å². The first-order valence-corrected chi connectivity index (χ1v) is 7.64. The molecule has 1 aromatic carbocycles. The Labute approximate surface area is 129 Å². The van der Waals surface area contributed by atoms with Gasteiger partial charge in [0.15, 0.2) is 0 Å². The largest absolute Gasteiger partial charge is 0.375 e. The minimum atomic E-state index is -0.361. The Bertz CT molecular complexity index is 495. The average molecular weight is 307 g/mol. The van der Waals surface area contributed by atoms with Gasteiger partial charge in [-0.25, -0.2) is 0 Å². The van der Waals surface area contributed by atoms with Gasteiger partial charge in [-0.2, -0.15) is 0 Å². The molecule has 3 rings (SSSR count). The summed E-state index contributed by atoms with van der Waals surface area (Å²) in [6.45, 7) is 4.43. The van der Waals surface area contributed by atoms with E-state index >= 15 is 0 Å². The Morgan fingerprint density at radius 1 is 1.14 bits per heavy atom. The number of benzene rings is 1. The predicted octanol–water partition coefficient (Wildman–Crippen LogP) is 0.655. The van der Waals surface area contributed by atoms with E-state index in [2.05, 4.69) is 10.6 Å². The third-order valence-corrected chi connectivity index (χ3v) is 4.18. The van der Waals surface area contributed by atoms with Gasteiger partial charge in [0.05, 0.1) is 30.3 Å². The maximum atomic E-state index is 11.0. The van der Waals surface area contributed by atoms with Gasteiger partial charge < -0.3 is 20.1 Å². The smallest absolute Gasteiger partial charge is 0.269 e. The molecule has 2 aliphatic rings. The highest BCUT2D eigenvalue weighted by molar-refractivity contribution is 5.37. The Hall–Kier alpha value is -1.54. The van der Waals surface area contributed by atoms with Crippen LogP contribution in [0.3, 0.4) is 0 Å². The monoisotopic (exact) mass is 307 g/mol. The van der Waals surface area contributed by atoms with Crippen molar-refractivity contribution in [2.45, 2.75) is 18.1 Å². The summed E-state index contributed by atoms with van der Waals surface area (Å²) in [5.41, 5.74) is 1.01. The molecule has 0 amide bonds. The van der Waals surface area contributed by atoms with Crippen molar-refractivity contribution in [2.24, 2.45) is 0 Å². The SMILES string of the molecule is O=[N+]([O-])c1cccc(C(C2CNCCO2)C2CNCCO2)c1. The van der Waals surface area contributed by atoms with Crippen molar-refractivity contribution in [1.29, 1.82) is 0 Å². The molecule has 0 aromatic heterocycles. The fourth-order valence-corrected chi connectivity index (χ4v) is 3.15. The normalized spacial score (nSPS) is 27.3. The lowest BCUT2D eigenvalue weighted by Crippen LogP contribution is -2.50. The molecule has 2 unspecified atom stereocenters. The number of nitro groups is 1. The summed E-state index contributed by atoms with van der Waals surface area (Å²) in [7, 11) is 0. The summed E-state index contributed by atoms with van der Waals surface area (Å²) in [4.78, 5) is 10.7. The van der Waals surface area contributed by atoms with Crippen molar-refractivity contribution in [2.75, 3.05) is 39.4 Å². The molecular weight excluding hydrogens is 286 g/mol. The van der Waals surface area contributed by atoms with E-state index in [-0.39, 0.29) is 28.7 Å². The van der Waals surface area contributed by atoms with Crippen LogP contribution >= 0.6 is 0 Å². The Balaban J connectivity index is 1.89. The first-order valence-electron chi connectivity index (χ1n) is 7.64. The van der Waals surface area contributed by atoms with E-state index in [1.807, 2.05) is 6.07 Å². The Morgan fingerprint density at radius 3 is 2.27 bits per heavy atom. The van der Waals surface area contributed by atoms with Crippen LogP contribution in [0.15, 0.2) is 24.3 Å². The molecule has 0 aliphatic carbocycles. The molecule has 2 N–H and O–H groups in total. The maximum Gasteiger partial charge on any atom is 0.269 e. The second-order valence-electron chi connectivity index (χ2n) is 5.60. The number of hydrogen-bond donors (Lipinski definition) is 2. The number of nitrogens with zero attached hydrogens (tertiary/aromatic N) is 1. The summed E-state index contributed by atoms with van der Waals surface area (Å²) >= 11 is 0. The fourth-order valence-electron chi connectivity index (χ4n) is 3.15. The van der Waals surface area contributed by atoms with Gasteiger partial charge in [-0.1, -0.05) is 12.1 Å². The van der Waals surface area contributed by atoms with E-state index in [0.717, 1.165) is 31.7 Å². The van der Waals surface area contributed by atoms with Crippen LogP contribution in [-0.2, 0) is 9.47 Å². The lowest BCUT2D eigenvalue weighted by atomic mass is 9.86. The van der Waals surface area contributed by atoms with E-state index in [0.29, 0.717) is 13.2 Å². The van der Waals surface area contributed by atoms with Crippen LogP contribution in [0.5, 0.6) is 0 Å². The summed E-state index contributed by atoms with van der Waals surface area (Å²) in [6, 6.07) is 6.81. The lowest BCUT2D eigenvalue weighted by molar-refractivity contribution is -0.385. The summed E-state index contributed by atoms with van der Waals surface area (Å²) < 4.78 is 11.8. The van der Waals surface area contributed by atoms with Gasteiger partial charge in [-0.15, -0.1) is 0 Å². The summed E-state index contributed by atoms with van der Waals surface area (Å²) in [5, 5.41) is 17.7. The van der Waals surface area contributed by atoms with Crippen molar-refractivity contribution in [3.8, 4) is 0 Å². The van der Waals surface area contributed by atoms with Gasteiger partial charge in [0.25, 0.3) is 5.69 Å². The Kier molecular flexibility index (Phi) is 4.99. The van der Waals surface area contributed by atoms with Crippen molar-refractivity contribution in [1.82, 2.24) is 10.6 Å². The molecular formula is C15H21N3O4. The molecule has 0 bridgehead atoms. The summed E-state index contributed by atoms with van der Waals surface area (Å²) in [6.07, 6.45) is -0.0821. The molecule has 22 heavy (non-hydrogen) atoms. The topological polar surface area (TPSA) is 85.7 Å². The van der Waals surface area contributed by atoms with Gasteiger partial charge in [-0.3, -0.25) is 10.1 Å². The van der Waals surface area contributed by atoms with Crippen LogP contribution in [0.2, 0.25) is 0 Å². The molecule has 0 spiro atoms. The molecule has 1 aromatic rings. The van der Waals surface area contributed by atoms with Crippen LogP contribution in [0.1, 0.15) is 11.5 Å². The van der Waals surface area contributed by atoms with E-state index < -0.39 is 0 Å². The molecule has 2 heterocycles. The van der Waals surface area contributed by atoms with Crippen molar-refractivity contribution in [3.05, 3.63) is 39.9 Å². The minimum Gasteiger partial charge on any atom is -0.375 e. The van der Waals surface area contributed by atoms with Gasteiger partial charge in [0.1, 0.15) is 0 Å². The molecule has 7 heteroatoms. The number of nitro benzene ring substituents is 1. The average Bonchev–Trinajstić information content (AvgIpc) is 2.57. The van der Waals surface area contributed by atoms with Crippen molar-refractivity contribution in [3.63, 3.8) is 0 Å². The van der Waals surface area contributed by atoms with Crippen LogP contribution < -0.4 is 10.6 Å². The number of ether oxygens (including phenoxy) is 2. The summed E-state index contributed by atoms with van der Waals surface area (Å²) in [5.74, 6) is -0.0273. The van der Waals surface area contributed by atoms with Crippen LogP contribution in [0, 0.1) is 10.1 Å². The molecule has 2 aliphatic heterocycles. The second-order valence-corrected chi connectivity index (χ2v) is 5.60. The van der Waals surface area contributed by atoms with Gasteiger partial charge in [0.2, 0.25) is 0 Å². The fraction of sp³-hybridized carbons (Fsp3) is 0.600. The molecule has 0 saturated carbocycles. The first-order chi connectivity index (χ1) is 10.8. The first kappa shape index (κ1) is 15.4. The number of rotatable bonds is 4. The van der Waals surface area contributed by atoms with E-state index in [4.69, 9.17) is 9.47 Å². The van der Waals surface area contributed by atoms with Crippen molar-refractivity contribution < 1.29 is 14.4 Å². The van der Waals surface area contributed by atoms with Gasteiger partial charge >= 0.3 is 0 Å². The quantitative estimate of drug-likeness (QED) is 0.628. The standard InChI is InChI=1S/C15H21N3O4/c19-18(20)12-3-1-2-11(8-12)15(13-9-16-4-6-21-13)14-10-17-5-7-22-14/h1-3,8,13-17H,4-7,9-10H2. The van der Waals surface area contributed by atoms with E-state index in [9.17, 15) is 10.1 Å². The molecule has 2 atom stereocenters. The maximum absolute atomic E-state index is 11.0. The van der Waals surface area contributed by atoms with Gasteiger partial charge in [0, 0.05) is 44.2 Å². The second kappa shape index (κ2) is 7.15. The minimum absolute atomic E-state index is 0.0273. The van der Waals surface area contributed by atoms with E-state index in [1.54, 1.807) is 12.1 Å². The predicted molar refractivity (Wildman–Crippen MR) is 81.1 cm³/mol. The highest BCUT2D eigenvalue weighted by Gasteiger charge is 2.35. The third-order valence-electron chi connectivity index (χ3n) is 4.18. The van der Waals surface area contributed by atoms with Crippen LogP contribution in [0.4, 0.5) is 5.69 Å². The highest BCUT2D eigenvalue weighted by atomic mass is 16.6.